The number of carbonyl (C=O) groups excluding carboxylic acids is 1. The van der Waals surface area contributed by atoms with Crippen LogP contribution >= 0.6 is 0 Å². The summed E-state index contributed by atoms with van der Waals surface area (Å²) in [4.78, 5) is 17.2. The van der Waals surface area contributed by atoms with E-state index in [9.17, 15) is 4.79 Å². The number of carbonyl (C=O) groups is 1. The molecule has 0 spiro atoms. The molecule has 2 aromatic carbocycles. The van der Waals surface area contributed by atoms with Crippen molar-refractivity contribution >= 4 is 27.8 Å². The van der Waals surface area contributed by atoms with Gasteiger partial charge in [0.15, 0.2) is 0 Å². The Hall–Kier alpha value is -3.12. The van der Waals surface area contributed by atoms with Gasteiger partial charge in [-0.25, -0.2) is 0 Å². The normalized spacial score (nSPS) is 15.8. The Morgan fingerprint density at radius 3 is 2.72 bits per heavy atom. The minimum absolute atomic E-state index is 0.0613. The molecule has 148 valence electrons. The number of aryl methyl sites for hydroxylation is 1. The van der Waals surface area contributed by atoms with Gasteiger partial charge < -0.3 is 9.32 Å². The highest BCUT2D eigenvalue weighted by molar-refractivity contribution is 6.05. The Kier molecular flexibility index (Phi) is 4.56. The maximum atomic E-state index is 12.8. The smallest absolute Gasteiger partial charge is 0.272 e. The maximum Gasteiger partial charge on any atom is 0.272 e. The van der Waals surface area contributed by atoms with E-state index in [1.807, 2.05) is 30.1 Å². The van der Waals surface area contributed by atoms with Crippen LogP contribution in [0.2, 0.25) is 0 Å². The van der Waals surface area contributed by atoms with Crippen LogP contribution in [0, 0.1) is 0 Å². The molecule has 3 heterocycles. The molecule has 6 nitrogen and oxygen atoms in total. The lowest BCUT2D eigenvalue weighted by molar-refractivity contribution is 0.0750. The van der Waals surface area contributed by atoms with Crippen molar-refractivity contribution in [3.8, 4) is 0 Å². The third-order valence-electron chi connectivity index (χ3n) is 5.80. The van der Waals surface area contributed by atoms with E-state index in [0.717, 1.165) is 55.7 Å². The predicted molar refractivity (Wildman–Crippen MR) is 113 cm³/mol. The molecule has 2 aromatic heterocycles. The molecule has 4 aromatic rings. The summed E-state index contributed by atoms with van der Waals surface area (Å²) in [6, 6.07) is 16.4. The predicted octanol–water partition coefficient (Wildman–Crippen LogP) is 3.67. The Balaban J connectivity index is 1.34. The zero-order valence-electron chi connectivity index (χ0n) is 16.5. The van der Waals surface area contributed by atoms with E-state index in [1.54, 1.807) is 16.9 Å². The van der Waals surface area contributed by atoms with E-state index in [4.69, 9.17) is 4.42 Å². The zero-order valence-corrected chi connectivity index (χ0v) is 16.5. The van der Waals surface area contributed by atoms with Gasteiger partial charge in [0.2, 0.25) is 0 Å². The molecule has 6 heteroatoms. The number of hydrogen-bond acceptors (Lipinski definition) is 4. The summed E-state index contributed by atoms with van der Waals surface area (Å²) in [7, 11) is 1.81. The van der Waals surface area contributed by atoms with E-state index >= 15 is 0 Å². The van der Waals surface area contributed by atoms with Crippen LogP contribution in [0.5, 0.6) is 0 Å². The molecule has 5 rings (SSSR count). The molecule has 0 saturated carbocycles. The first-order valence-electron chi connectivity index (χ1n) is 10.1. The van der Waals surface area contributed by atoms with Gasteiger partial charge in [0.1, 0.15) is 16.9 Å². The van der Waals surface area contributed by atoms with Gasteiger partial charge in [-0.3, -0.25) is 14.4 Å². The fraction of sp³-hybridized carbons (Fsp3) is 0.304. The van der Waals surface area contributed by atoms with Gasteiger partial charge in [-0.1, -0.05) is 36.4 Å². The minimum Gasteiger partial charge on any atom is -0.456 e. The molecule has 1 aliphatic rings. The molecule has 1 amide bonds. The zero-order chi connectivity index (χ0) is 19.8. The van der Waals surface area contributed by atoms with Crippen LogP contribution in [0.15, 0.2) is 59.1 Å². The number of para-hydroxylation sites is 2. The second-order valence-corrected chi connectivity index (χ2v) is 7.65. The molecule has 1 fully saturated rings. The SMILES string of the molecule is Cn1nccc1C(=O)N1CCCN(Cc2cccc3c2oc2ccccc23)CC1. The van der Waals surface area contributed by atoms with Crippen LogP contribution in [-0.2, 0) is 13.6 Å². The van der Waals surface area contributed by atoms with Crippen LogP contribution < -0.4 is 0 Å². The molecule has 0 atom stereocenters. The summed E-state index contributed by atoms with van der Waals surface area (Å²) in [6.07, 6.45) is 2.63. The lowest BCUT2D eigenvalue weighted by Gasteiger charge is -2.22. The molecule has 0 unspecified atom stereocenters. The molecular weight excluding hydrogens is 364 g/mol. The van der Waals surface area contributed by atoms with Crippen molar-refractivity contribution in [3.05, 3.63) is 66.0 Å². The molecular formula is C23H24N4O2. The van der Waals surface area contributed by atoms with E-state index in [-0.39, 0.29) is 5.91 Å². The average molecular weight is 388 g/mol. The fourth-order valence-electron chi connectivity index (χ4n) is 4.25. The second-order valence-electron chi connectivity index (χ2n) is 7.65. The summed E-state index contributed by atoms with van der Waals surface area (Å²) in [5.74, 6) is 0.0613. The molecule has 0 bridgehead atoms. The fourth-order valence-corrected chi connectivity index (χ4v) is 4.25. The van der Waals surface area contributed by atoms with Crippen LogP contribution in [0.4, 0.5) is 0 Å². The Morgan fingerprint density at radius 2 is 1.86 bits per heavy atom. The van der Waals surface area contributed by atoms with E-state index in [2.05, 4.69) is 34.3 Å². The maximum absolute atomic E-state index is 12.8. The third-order valence-corrected chi connectivity index (χ3v) is 5.80. The molecule has 0 N–H and O–H groups in total. The number of hydrogen-bond donors (Lipinski definition) is 0. The van der Waals surface area contributed by atoms with Crippen molar-refractivity contribution in [1.29, 1.82) is 0 Å². The van der Waals surface area contributed by atoms with Crippen molar-refractivity contribution in [2.45, 2.75) is 13.0 Å². The lowest BCUT2D eigenvalue weighted by Crippen LogP contribution is -2.36. The number of furan rings is 1. The standard InChI is InChI=1S/C23H24N4O2/c1-25-20(10-11-24-25)23(28)27-13-5-12-26(14-15-27)16-17-6-4-8-19-18-7-2-3-9-21(18)29-22(17)19/h2-4,6-11H,5,12-16H2,1H3. The average Bonchev–Trinajstić information content (AvgIpc) is 3.25. The van der Waals surface area contributed by atoms with Crippen LogP contribution in [0.25, 0.3) is 21.9 Å². The first-order chi connectivity index (χ1) is 14.2. The van der Waals surface area contributed by atoms with E-state index < -0.39 is 0 Å². The van der Waals surface area contributed by atoms with Crippen molar-refractivity contribution in [2.24, 2.45) is 7.05 Å². The monoisotopic (exact) mass is 388 g/mol. The summed E-state index contributed by atoms with van der Waals surface area (Å²) in [5.41, 5.74) is 3.75. The highest BCUT2D eigenvalue weighted by atomic mass is 16.3. The van der Waals surface area contributed by atoms with Gasteiger partial charge in [0.05, 0.1) is 0 Å². The Labute approximate surface area is 169 Å². The van der Waals surface area contributed by atoms with Gasteiger partial charge in [-0.05, 0) is 18.6 Å². The van der Waals surface area contributed by atoms with Crippen LogP contribution in [0.3, 0.4) is 0 Å². The third kappa shape index (κ3) is 3.29. The van der Waals surface area contributed by atoms with Crippen LogP contribution in [-0.4, -0.2) is 51.7 Å². The number of benzene rings is 2. The first-order valence-corrected chi connectivity index (χ1v) is 10.1. The number of aromatic nitrogens is 2. The molecule has 0 radical (unpaired) electrons. The molecule has 29 heavy (non-hydrogen) atoms. The first kappa shape index (κ1) is 17.9. The number of nitrogens with zero attached hydrogens (tertiary/aromatic N) is 4. The van der Waals surface area contributed by atoms with Crippen molar-refractivity contribution in [2.75, 3.05) is 26.2 Å². The molecule has 1 saturated heterocycles. The highest BCUT2D eigenvalue weighted by Crippen LogP contribution is 2.31. The number of fused-ring (bicyclic) bond motifs is 3. The van der Waals surface area contributed by atoms with Crippen molar-refractivity contribution < 1.29 is 9.21 Å². The Morgan fingerprint density at radius 1 is 1.00 bits per heavy atom. The summed E-state index contributed by atoms with van der Waals surface area (Å²) in [6.45, 7) is 4.13. The summed E-state index contributed by atoms with van der Waals surface area (Å²) >= 11 is 0. The van der Waals surface area contributed by atoms with Crippen molar-refractivity contribution in [1.82, 2.24) is 19.6 Å². The van der Waals surface area contributed by atoms with Gasteiger partial charge in [-0.2, -0.15) is 5.10 Å². The van der Waals surface area contributed by atoms with Gasteiger partial charge in [0.25, 0.3) is 5.91 Å². The van der Waals surface area contributed by atoms with Crippen molar-refractivity contribution in [3.63, 3.8) is 0 Å². The number of rotatable bonds is 3. The quantitative estimate of drug-likeness (QED) is 0.537. The second kappa shape index (κ2) is 7.37. The number of amides is 1. The van der Waals surface area contributed by atoms with Crippen LogP contribution in [0.1, 0.15) is 22.5 Å². The Bertz CT molecular complexity index is 1180. The topological polar surface area (TPSA) is 54.5 Å². The molecule has 0 aliphatic carbocycles. The van der Waals surface area contributed by atoms with E-state index in [0.29, 0.717) is 5.69 Å². The van der Waals surface area contributed by atoms with Gasteiger partial charge >= 0.3 is 0 Å². The van der Waals surface area contributed by atoms with Gasteiger partial charge in [-0.15, -0.1) is 0 Å². The molecule has 1 aliphatic heterocycles. The minimum atomic E-state index is 0.0613. The highest BCUT2D eigenvalue weighted by Gasteiger charge is 2.23. The van der Waals surface area contributed by atoms with E-state index in [1.165, 1.54) is 10.9 Å². The summed E-state index contributed by atoms with van der Waals surface area (Å²) in [5, 5.41) is 6.45. The lowest BCUT2D eigenvalue weighted by atomic mass is 10.1. The summed E-state index contributed by atoms with van der Waals surface area (Å²) < 4.78 is 7.82. The van der Waals surface area contributed by atoms with Gasteiger partial charge in [0, 0.05) is 62.3 Å². The largest absolute Gasteiger partial charge is 0.456 e.